The molecule has 0 aromatic heterocycles. The van der Waals surface area contributed by atoms with Crippen molar-refractivity contribution in [1.82, 2.24) is 5.32 Å². The number of nitrogens with one attached hydrogen (secondary N) is 1. The number of amides is 1. The van der Waals surface area contributed by atoms with Crippen LogP contribution in [0.4, 0.5) is 0 Å². The number of hydrogen-bond donors (Lipinski definition) is 2. The van der Waals surface area contributed by atoms with Crippen molar-refractivity contribution in [3.05, 3.63) is 35.9 Å². The van der Waals surface area contributed by atoms with E-state index in [-0.39, 0.29) is 31.3 Å². The predicted molar refractivity (Wildman–Crippen MR) is 89.3 cm³/mol. The Bertz CT molecular complexity index is 523. The highest BCUT2D eigenvalue weighted by Crippen LogP contribution is 2.19. The van der Waals surface area contributed by atoms with Crippen LogP contribution < -0.4 is 5.32 Å². The summed E-state index contributed by atoms with van der Waals surface area (Å²) >= 11 is 0. The Balaban J connectivity index is 1.89. The van der Waals surface area contributed by atoms with Crippen LogP contribution in [0.25, 0.3) is 0 Å². The number of carboxylic acids is 1. The largest absolute Gasteiger partial charge is 0.481 e. The van der Waals surface area contributed by atoms with Crippen molar-refractivity contribution in [2.45, 2.75) is 57.4 Å². The molecule has 6 heteroatoms. The first-order valence-electron chi connectivity index (χ1n) is 8.25. The smallest absolute Gasteiger partial charge is 0.312 e. The van der Waals surface area contributed by atoms with Gasteiger partial charge in [0.1, 0.15) is 0 Å². The minimum absolute atomic E-state index is 0.0213. The number of aliphatic carboxylic acids is 1. The van der Waals surface area contributed by atoms with Crippen LogP contribution in [0.2, 0.25) is 6.82 Å². The molecule has 1 heterocycles. The molecule has 5 nitrogen and oxygen atoms in total. The monoisotopic (exact) mass is 317 g/mol. The highest BCUT2D eigenvalue weighted by Gasteiger charge is 2.29. The van der Waals surface area contributed by atoms with Crippen LogP contribution in [0.3, 0.4) is 0 Å². The van der Waals surface area contributed by atoms with Gasteiger partial charge >= 0.3 is 12.9 Å². The van der Waals surface area contributed by atoms with Crippen molar-refractivity contribution in [2.24, 2.45) is 0 Å². The summed E-state index contributed by atoms with van der Waals surface area (Å²) in [6, 6.07) is 9.62. The summed E-state index contributed by atoms with van der Waals surface area (Å²) in [5.41, 5.74) is 0.980. The summed E-state index contributed by atoms with van der Waals surface area (Å²) in [4.78, 5) is 23.1. The van der Waals surface area contributed by atoms with Crippen LogP contribution >= 0.6 is 0 Å². The van der Waals surface area contributed by atoms with Gasteiger partial charge in [-0.15, -0.1) is 0 Å². The molecule has 1 aromatic carbocycles. The summed E-state index contributed by atoms with van der Waals surface area (Å²) in [5, 5.41) is 12.0. The van der Waals surface area contributed by atoms with Crippen LogP contribution in [0, 0.1) is 0 Å². The van der Waals surface area contributed by atoms with Gasteiger partial charge in [-0.05, 0) is 18.4 Å². The number of carbonyl (C=O) groups is 2. The number of benzene rings is 1. The molecule has 2 N–H and O–H groups in total. The zero-order valence-corrected chi connectivity index (χ0v) is 13.5. The Morgan fingerprint density at radius 2 is 1.96 bits per heavy atom. The quantitative estimate of drug-likeness (QED) is 0.817. The molecule has 1 fully saturated rings. The van der Waals surface area contributed by atoms with Crippen molar-refractivity contribution in [3.8, 4) is 0 Å². The molecule has 2 rings (SSSR count). The molecule has 2 atom stereocenters. The van der Waals surface area contributed by atoms with E-state index in [1.807, 2.05) is 37.2 Å². The lowest BCUT2D eigenvalue weighted by molar-refractivity contribution is -0.139. The lowest BCUT2D eigenvalue weighted by atomic mass is 9.60. The minimum Gasteiger partial charge on any atom is -0.481 e. The third kappa shape index (κ3) is 6.06. The molecule has 1 amide bonds. The second-order valence-corrected chi connectivity index (χ2v) is 6.18. The highest BCUT2D eigenvalue weighted by atomic mass is 16.5. The highest BCUT2D eigenvalue weighted by molar-refractivity contribution is 6.52. The fourth-order valence-electron chi connectivity index (χ4n) is 3.01. The Labute approximate surface area is 137 Å². The topological polar surface area (TPSA) is 75.6 Å². The van der Waals surface area contributed by atoms with Crippen molar-refractivity contribution >= 4 is 18.8 Å². The van der Waals surface area contributed by atoms with Gasteiger partial charge in [-0.3, -0.25) is 9.59 Å². The van der Waals surface area contributed by atoms with Gasteiger partial charge in [0, 0.05) is 5.94 Å². The molecule has 0 unspecified atom stereocenters. The van der Waals surface area contributed by atoms with Gasteiger partial charge in [-0.2, -0.15) is 0 Å². The van der Waals surface area contributed by atoms with Gasteiger partial charge in [0.25, 0.3) is 0 Å². The van der Waals surface area contributed by atoms with Crippen LogP contribution in [0.15, 0.2) is 30.3 Å². The van der Waals surface area contributed by atoms with E-state index in [1.165, 1.54) is 0 Å². The van der Waals surface area contributed by atoms with Gasteiger partial charge in [0.2, 0.25) is 5.91 Å². The summed E-state index contributed by atoms with van der Waals surface area (Å²) in [6.45, 7) is 1.73. The second kappa shape index (κ2) is 8.72. The third-order valence-corrected chi connectivity index (χ3v) is 4.22. The van der Waals surface area contributed by atoms with E-state index in [9.17, 15) is 9.59 Å². The van der Waals surface area contributed by atoms with E-state index in [0.717, 1.165) is 31.2 Å². The van der Waals surface area contributed by atoms with E-state index in [4.69, 9.17) is 9.76 Å². The molecule has 1 aliphatic rings. The molecule has 124 valence electrons. The first kappa shape index (κ1) is 17.5. The molecule has 0 spiro atoms. The standard InChI is InChI=1S/C17H24BNO4/c1-18-15(10-6-5-9-14(23-18)12-17(21)22)19-16(20)11-13-7-3-2-4-8-13/h2-4,7-8,14-15H,5-6,9-12H2,1H3,(H,19,20)(H,21,22)/t14-,15+/m1/s1. The molecule has 1 saturated heterocycles. The van der Waals surface area contributed by atoms with E-state index in [2.05, 4.69) is 5.32 Å². The number of carboxylic acid groups (broad SMARTS) is 1. The lowest BCUT2D eigenvalue weighted by Crippen LogP contribution is -2.49. The van der Waals surface area contributed by atoms with E-state index >= 15 is 0 Å². The fraction of sp³-hybridized carbons (Fsp3) is 0.529. The van der Waals surface area contributed by atoms with Crippen molar-refractivity contribution in [3.63, 3.8) is 0 Å². The van der Waals surface area contributed by atoms with Crippen LogP contribution in [-0.2, 0) is 20.7 Å². The Hall–Kier alpha value is -1.82. The van der Waals surface area contributed by atoms with Crippen molar-refractivity contribution in [2.75, 3.05) is 0 Å². The number of hydrogen-bond acceptors (Lipinski definition) is 3. The molecule has 0 radical (unpaired) electrons. The average molecular weight is 317 g/mol. The van der Waals surface area contributed by atoms with Gasteiger partial charge in [0.15, 0.2) is 0 Å². The predicted octanol–water partition coefficient (Wildman–Crippen LogP) is 2.31. The van der Waals surface area contributed by atoms with Gasteiger partial charge < -0.3 is 15.1 Å². The van der Waals surface area contributed by atoms with Gasteiger partial charge in [-0.1, -0.05) is 50.0 Å². The number of rotatable bonds is 5. The van der Waals surface area contributed by atoms with Gasteiger partial charge in [0.05, 0.1) is 18.9 Å². The third-order valence-electron chi connectivity index (χ3n) is 4.22. The minimum atomic E-state index is -0.840. The first-order chi connectivity index (χ1) is 11.0. The Morgan fingerprint density at radius 3 is 2.65 bits per heavy atom. The normalized spacial score (nSPS) is 22.0. The molecule has 1 aromatic rings. The van der Waals surface area contributed by atoms with Crippen molar-refractivity contribution < 1.29 is 19.3 Å². The van der Waals surface area contributed by atoms with Gasteiger partial charge in [-0.25, -0.2) is 0 Å². The summed E-state index contributed by atoms with van der Waals surface area (Å²) < 4.78 is 5.87. The molecular formula is C17H24BNO4. The molecule has 0 bridgehead atoms. The zero-order chi connectivity index (χ0) is 16.7. The maximum atomic E-state index is 12.2. The van der Waals surface area contributed by atoms with Crippen molar-refractivity contribution in [1.29, 1.82) is 0 Å². The van der Waals surface area contributed by atoms with Crippen LogP contribution in [-0.4, -0.2) is 35.9 Å². The number of carbonyl (C=O) groups excluding carboxylic acids is 1. The summed E-state index contributed by atoms with van der Waals surface area (Å²) in [7, 11) is 0. The van der Waals surface area contributed by atoms with Crippen LogP contribution in [0.1, 0.15) is 37.7 Å². The second-order valence-electron chi connectivity index (χ2n) is 6.18. The fourth-order valence-corrected chi connectivity index (χ4v) is 3.01. The summed E-state index contributed by atoms with van der Waals surface area (Å²) in [6.07, 6.45) is 3.63. The van der Waals surface area contributed by atoms with E-state index < -0.39 is 5.97 Å². The molecule has 0 aliphatic carbocycles. The average Bonchev–Trinajstić information content (AvgIpc) is 2.49. The van der Waals surface area contributed by atoms with E-state index in [1.54, 1.807) is 0 Å². The SMILES string of the molecule is CB1O[C@@H](CC(=O)O)CCCC[C@@H]1NC(=O)Cc1ccccc1. The molecule has 23 heavy (non-hydrogen) atoms. The first-order valence-corrected chi connectivity index (χ1v) is 8.25. The maximum Gasteiger partial charge on any atom is 0.312 e. The zero-order valence-electron chi connectivity index (χ0n) is 13.5. The molecular weight excluding hydrogens is 293 g/mol. The Morgan fingerprint density at radius 1 is 1.26 bits per heavy atom. The van der Waals surface area contributed by atoms with E-state index in [0.29, 0.717) is 6.42 Å². The maximum absolute atomic E-state index is 12.2. The molecule has 1 aliphatic heterocycles. The Kier molecular flexibility index (Phi) is 6.65. The molecule has 0 saturated carbocycles. The van der Waals surface area contributed by atoms with Crippen LogP contribution in [0.5, 0.6) is 0 Å². The summed E-state index contributed by atoms with van der Waals surface area (Å²) in [5.74, 6) is -0.928. The lowest BCUT2D eigenvalue weighted by Gasteiger charge is -2.29.